The maximum atomic E-state index is 11.7. The summed E-state index contributed by atoms with van der Waals surface area (Å²) in [5.74, 6) is 0.0663. The molecule has 1 aliphatic rings. The van der Waals surface area contributed by atoms with Gasteiger partial charge in [-0.05, 0) is 26.1 Å². The molecule has 2 rings (SSSR count). The summed E-state index contributed by atoms with van der Waals surface area (Å²) < 4.78 is 0. The number of hydrogen-bond donors (Lipinski definition) is 2. The van der Waals surface area contributed by atoms with E-state index in [0.717, 1.165) is 22.8 Å². The van der Waals surface area contributed by atoms with Crippen LogP contribution in [0, 0.1) is 0 Å². The van der Waals surface area contributed by atoms with Gasteiger partial charge in [0.25, 0.3) is 0 Å². The first-order chi connectivity index (χ1) is 8.65. The fraction of sp³-hybridized carbons (Fsp3) is 0.462. The molecule has 0 aliphatic carbocycles. The maximum Gasteiger partial charge on any atom is 0.242 e. The number of nitrogens with one attached hydrogen (secondary N) is 2. The second-order valence-corrected chi connectivity index (χ2v) is 4.84. The van der Waals surface area contributed by atoms with Gasteiger partial charge in [0.15, 0.2) is 0 Å². The van der Waals surface area contributed by atoms with Gasteiger partial charge in [0, 0.05) is 35.9 Å². The molecule has 1 fully saturated rings. The molecular weight excluding hydrogens is 250 g/mol. The minimum Gasteiger partial charge on any atom is -0.358 e. The van der Waals surface area contributed by atoms with E-state index >= 15 is 0 Å². The van der Waals surface area contributed by atoms with Crippen molar-refractivity contribution in [2.45, 2.75) is 19.5 Å². The average molecular weight is 268 g/mol. The number of nitrogens with zero attached hydrogens (tertiary/aromatic N) is 1. The van der Waals surface area contributed by atoms with Gasteiger partial charge in [-0.3, -0.25) is 4.79 Å². The van der Waals surface area contributed by atoms with Crippen LogP contribution in [-0.2, 0) is 11.3 Å². The minimum atomic E-state index is -0.159. The molecule has 1 aromatic rings. The summed E-state index contributed by atoms with van der Waals surface area (Å²) in [6.07, 6.45) is 0. The van der Waals surface area contributed by atoms with Crippen molar-refractivity contribution in [1.29, 1.82) is 0 Å². The van der Waals surface area contributed by atoms with Gasteiger partial charge < -0.3 is 15.5 Å². The summed E-state index contributed by atoms with van der Waals surface area (Å²) in [6.45, 7) is 4.09. The molecule has 2 N–H and O–H groups in total. The van der Waals surface area contributed by atoms with Gasteiger partial charge in [-0.15, -0.1) is 0 Å². The monoisotopic (exact) mass is 267 g/mol. The number of amides is 1. The lowest BCUT2D eigenvalue weighted by molar-refractivity contribution is -0.122. The molecular formula is C13H18ClN3O. The molecule has 0 spiro atoms. The topological polar surface area (TPSA) is 44.4 Å². The predicted octanol–water partition coefficient (Wildman–Crippen LogP) is 1.38. The van der Waals surface area contributed by atoms with Gasteiger partial charge >= 0.3 is 0 Å². The number of anilines is 1. The van der Waals surface area contributed by atoms with Gasteiger partial charge in [-0.1, -0.05) is 17.7 Å². The Bertz CT molecular complexity index is 450. The smallest absolute Gasteiger partial charge is 0.242 e. The van der Waals surface area contributed by atoms with Crippen LogP contribution in [-0.4, -0.2) is 32.1 Å². The Balaban J connectivity index is 2.37. The van der Waals surface area contributed by atoms with E-state index in [4.69, 9.17) is 11.6 Å². The maximum absolute atomic E-state index is 11.7. The Hall–Kier alpha value is -1.26. The summed E-state index contributed by atoms with van der Waals surface area (Å²) >= 11 is 6.24. The minimum absolute atomic E-state index is 0.0663. The number of rotatable bonds is 3. The Kier molecular flexibility index (Phi) is 4.09. The third-order valence-electron chi connectivity index (χ3n) is 3.26. The second-order valence-electron chi connectivity index (χ2n) is 4.43. The van der Waals surface area contributed by atoms with E-state index in [1.54, 1.807) is 0 Å². The standard InChI is InChI=1S/C13H18ClN3O/c1-9-13(18)16-6-7-17(9)12-5-3-4-11(14)10(12)8-15-2/h3-5,9,15H,6-8H2,1-2H3,(H,16,18). The average Bonchev–Trinajstić information content (AvgIpc) is 2.36. The van der Waals surface area contributed by atoms with E-state index in [0.29, 0.717) is 13.1 Å². The van der Waals surface area contributed by atoms with Crippen molar-refractivity contribution in [2.24, 2.45) is 0 Å². The van der Waals surface area contributed by atoms with E-state index in [-0.39, 0.29) is 11.9 Å². The first-order valence-electron chi connectivity index (χ1n) is 6.11. The van der Waals surface area contributed by atoms with Crippen molar-refractivity contribution in [3.05, 3.63) is 28.8 Å². The van der Waals surface area contributed by atoms with Crippen LogP contribution in [0.4, 0.5) is 5.69 Å². The fourth-order valence-electron chi connectivity index (χ4n) is 2.28. The molecule has 4 nitrogen and oxygen atoms in total. The van der Waals surface area contributed by atoms with E-state index in [1.165, 1.54) is 0 Å². The molecule has 0 aromatic heterocycles. The van der Waals surface area contributed by atoms with Crippen LogP contribution < -0.4 is 15.5 Å². The Morgan fingerprint density at radius 1 is 1.56 bits per heavy atom. The fourth-order valence-corrected chi connectivity index (χ4v) is 2.52. The van der Waals surface area contributed by atoms with E-state index in [2.05, 4.69) is 15.5 Å². The van der Waals surface area contributed by atoms with Crippen LogP contribution in [0.1, 0.15) is 12.5 Å². The quantitative estimate of drug-likeness (QED) is 0.870. The van der Waals surface area contributed by atoms with Gasteiger partial charge in [0.05, 0.1) is 0 Å². The summed E-state index contributed by atoms with van der Waals surface area (Å²) in [5.41, 5.74) is 2.09. The third kappa shape index (κ3) is 2.44. The number of hydrogen-bond acceptors (Lipinski definition) is 3. The molecule has 1 heterocycles. The van der Waals surface area contributed by atoms with Crippen molar-refractivity contribution in [3.8, 4) is 0 Å². The van der Waals surface area contributed by atoms with E-state index in [1.807, 2.05) is 32.2 Å². The molecule has 1 saturated heterocycles. The zero-order valence-corrected chi connectivity index (χ0v) is 11.4. The van der Waals surface area contributed by atoms with Crippen LogP contribution in [0.15, 0.2) is 18.2 Å². The molecule has 5 heteroatoms. The number of carbonyl (C=O) groups excluding carboxylic acids is 1. The number of piperazine rings is 1. The zero-order chi connectivity index (χ0) is 13.1. The van der Waals surface area contributed by atoms with Gasteiger partial charge in [0.1, 0.15) is 6.04 Å². The van der Waals surface area contributed by atoms with Crippen LogP contribution >= 0.6 is 11.6 Å². The molecule has 18 heavy (non-hydrogen) atoms. The number of halogens is 1. The normalized spacial score (nSPS) is 19.8. The molecule has 0 saturated carbocycles. The van der Waals surface area contributed by atoms with E-state index in [9.17, 15) is 4.79 Å². The van der Waals surface area contributed by atoms with E-state index < -0.39 is 0 Å². The molecule has 0 radical (unpaired) electrons. The molecule has 98 valence electrons. The molecule has 1 aromatic carbocycles. The number of carbonyl (C=O) groups is 1. The SMILES string of the molecule is CNCc1c(Cl)cccc1N1CCNC(=O)C1C. The van der Waals surface area contributed by atoms with Crippen LogP contribution in [0.3, 0.4) is 0 Å². The number of benzene rings is 1. The Morgan fingerprint density at radius 3 is 3.06 bits per heavy atom. The van der Waals surface area contributed by atoms with Crippen molar-refractivity contribution >= 4 is 23.2 Å². The van der Waals surface area contributed by atoms with Crippen molar-refractivity contribution in [2.75, 3.05) is 25.0 Å². The van der Waals surface area contributed by atoms with Crippen molar-refractivity contribution in [1.82, 2.24) is 10.6 Å². The van der Waals surface area contributed by atoms with Crippen molar-refractivity contribution < 1.29 is 4.79 Å². The van der Waals surface area contributed by atoms with Crippen LogP contribution in [0.2, 0.25) is 5.02 Å². The summed E-state index contributed by atoms with van der Waals surface area (Å²) in [6, 6.07) is 5.67. The summed E-state index contributed by atoms with van der Waals surface area (Å²) in [4.78, 5) is 13.8. The lowest BCUT2D eigenvalue weighted by Crippen LogP contribution is -2.54. The first-order valence-corrected chi connectivity index (χ1v) is 6.49. The van der Waals surface area contributed by atoms with Gasteiger partial charge in [0.2, 0.25) is 5.91 Å². The van der Waals surface area contributed by atoms with Gasteiger partial charge in [-0.2, -0.15) is 0 Å². The summed E-state index contributed by atoms with van der Waals surface area (Å²) in [5, 5.41) is 6.72. The lowest BCUT2D eigenvalue weighted by atomic mass is 10.1. The highest BCUT2D eigenvalue weighted by molar-refractivity contribution is 6.31. The summed E-state index contributed by atoms with van der Waals surface area (Å²) in [7, 11) is 1.89. The van der Waals surface area contributed by atoms with Gasteiger partial charge in [-0.25, -0.2) is 0 Å². The zero-order valence-electron chi connectivity index (χ0n) is 10.7. The largest absolute Gasteiger partial charge is 0.358 e. The molecule has 1 amide bonds. The molecule has 1 aliphatic heterocycles. The van der Waals surface area contributed by atoms with Crippen LogP contribution in [0.5, 0.6) is 0 Å². The first kappa shape index (κ1) is 13.2. The predicted molar refractivity (Wildman–Crippen MR) is 74.0 cm³/mol. The highest BCUT2D eigenvalue weighted by atomic mass is 35.5. The molecule has 1 unspecified atom stereocenters. The highest BCUT2D eigenvalue weighted by Gasteiger charge is 2.27. The Morgan fingerprint density at radius 2 is 2.33 bits per heavy atom. The van der Waals surface area contributed by atoms with Crippen LogP contribution in [0.25, 0.3) is 0 Å². The molecule has 1 atom stereocenters. The second kappa shape index (κ2) is 5.59. The lowest BCUT2D eigenvalue weighted by Gasteiger charge is -2.36. The molecule has 0 bridgehead atoms. The highest BCUT2D eigenvalue weighted by Crippen LogP contribution is 2.29. The Labute approximate surface area is 112 Å². The van der Waals surface area contributed by atoms with Crippen molar-refractivity contribution in [3.63, 3.8) is 0 Å². The third-order valence-corrected chi connectivity index (χ3v) is 3.61.